The van der Waals surface area contributed by atoms with E-state index in [-0.39, 0.29) is 0 Å². The summed E-state index contributed by atoms with van der Waals surface area (Å²) in [4.78, 5) is 1.31. The van der Waals surface area contributed by atoms with Gasteiger partial charge in [-0.15, -0.1) is 5.10 Å². The van der Waals surface area contributed by atoms with E-state index in [4.69, 9.17) is 0 Å². The van der Waals surface area contributed by atoms with Crippen LogP contribution in [0, 0.1) is 0 Å². The van der Waals surface area contributed by atoms with Gasteiger partial charge in [-0.3, -0.25) is 0 Å². The van der Waals surface area contributed by atoms with Crippen molar-refractivity contribution in [3.05, 3.63) is 22.2 Å². The lowest BCUT2D eigenvalue weighted by Gasteiger charge is -2.21. The van der Waals surface area contributed by atoms with Crippen LogP contribution in [0.15, 0.2) is 11.6 Å². The van der Waals surface area contributed by atoms with Gasteiger partial charge in [-0.2, -0.15) is 0 Å². The minimum atomic E-state index is 0.315. The molecule has 3 nitrogen and oxygen atoms in total. The molecule has 2 rings (SSSR count). The van der Waals surface area contributed by atoms with E-state index >= 15 is 0 Å². The highest BCUT2D eigenvalue weighted by atomic mass is 32.1. The Morgan fingerprint density at radius 3 is 2.74 bits per heavy atom. The average Bonchev–Trinajstić information content (AvgIpc) is 2.81. The number of hydrogen-bond donors (Lipinski definition) is 1. The van der Waals surface area contributed by atoms with E-state index in [1.165, 1.54) is 49.0 Å². The molecule has 106 valence electrons. The Bertz CT molecular complexity index is 423. The number of likely N-dealkylation sites (N-methyl/N-ethyl adjacent to an activating group) is 1. The van der Waals surface area contributed by atoms with Crippen LogP contribution >= 0.6 is 11.5 Å². The first kappa shape index (κ1) is 14.7. The second-order valence-electron chi connectivity index (χ2n) is 5.63. The lowest BCUT2D eigenvalue weighted by atomic mass is 9.92. The molecule has 0 aliphatic heterocycles. The highest BCUT2D eigenvalue weighted by Crippen LogP contribution is 2.34. The quantitative estimate of drug-likeness (QED) is 0.839. The van der Waals surface area contributed by atoms with Crippen molar-refractivity contribution in [1.82, 2.24) is 14.9 Å². The summed E-state index contributed by atoms with van der Waals surface area (Å²) in [7, 11) is 2.05. The molecule has 0 spiro atoms. The summed E-state index contributed by atoms with van der Waals surface area (Å²) in [5.74, 6) is 0.443. The van der Waals surface area contributed by atoms with E-state index in [0.29, 0.717) is 12.0 Å². The second kappa shape index (κ2) is 7.15. The Hall–Kier alpha value is -0.740. The van der Waals surface area contributed by atoms with Crippen molar-refractivity contribution in [2.75, 3.05) is 7.05 Å². The van der Waals surface area contributed by atoms with Gasteiger partial charge in [-0.1, -0.05) is 42.8 Å². The van der Waals surface area contributed by atoms with E-state index in [1.54, 1.807) is 11.5 Å². The molecule has 19 heavy (non-hydrogen) atoms. The highest BCUT2D eigenvalue weighted by molar-refractivity contribution is 7.05. The Balaban J connectivity index is 2.24. The Kier molecular flexibility index (Phi) is 5.52. The Morgan fingerprint density at radius 1 is 1.21 bits per heavy atom. The molecule has 1 aliphatic carbocycles. The van der Waals surface area contributed by atoms with Crippen LogP contribution in [0.5, 0.6) is 0 Å². The molecule has 0 aromatic carbocycles. The molecule has 1 aromatic rings. The Morgan fingerprint density at radius 2 is 2.00 bits per heavy atom. The summed E-state index contributed by atoms with van der Waals surface area (Å²) in [6.07, 6.45) is 10.3. The molecule has 1 N–H and O–H groups in total. The molecule has 1 atom stereocenters. The van der Waals surface area contributed by atoms with Gasteiger partial charge in [-0.05, 0) is 50.2 Å². The topological polar surface area (TPSA) is 37.8 Å². The van der Waals surface area contributed by atoms with E-state index in [2.05, 4.69) is 34.8 Å². The van der Waals surface area contributed by atoms with Gasteiger partial charge in [0.05, 0.1) is 16.6 Å². The number of aromatic nitrogens is 2. The van der Waals surface area contributed by atoms with Gasteiger partial charge in [0.2, 0.25) is 0 Å². The number of allylic oxidation sites excluding steroid dienone is 1. The molecule has 0 saturated carbocycles. The lowest BCUT2D eigenvalue weighted by Crippen LogP contribution is -2.20. The fourth-order valence-corrected chi connectivity index (χ4v) is 3.73. The van der Waals surface area contributed by atoms with Crippen molar-refractivity contribution in [3.8, 4) is 0 Å². The van der Waals surface area contributed by atoms with Crippen molar-refractivity contribution in [2.24, 2.45) is 0 Å². The molecule has 0 fully saturated rings. The molecule has 4 heteroatoms. The number of nitrogens with zero attached hydrogens (tertiary/aromatic N) is 2. The van der Waals surface area contributed by atoms with Crippen LogP contribution in [0.1, 0.15) is 74.9 Å². The van der Waals surface area contributed by atoms with Crippen LogP contribution in [0.25, 0.3) is 0 Å². The molecule has 0 bridgehead atoms. The maximum atomic E-state index is 4.32. The van der Waals surface area contributed by atoms with E-state index in [0.717, 1.165) is 5.69 Å². The first-order valence-electron chi connectivity index (χ1n) is 7.42. The third kappa shape index (κ3) is 3.63. The predicted molar refractivity (Wildman–Crippen MR) is 81.6 cm³/mol. The third-order valence-electron chi connectivity index (χ3n) is 3.83. The standard InChI is InChI=1S/C15H25N3S/c1-11(2)13-15(19-18-17-13)14(16-3)12-9-7-5-4-6-8-10-12/h9,11,14,16H,4-8,10H2,1-3H3. The van der Waals surface area contributed by atoms with Gasteiger partial charge < -0.3 is 5.32 Å². The van der Waals surface area contributed by atoms with Crippen LogP contribution in [-0.2, 0) is 0 Å². The molecule has 0 saturated heterocycles. The molecular formula is C15H25N3S. The molecule has 0 amide bonds. The maximum absolute atomic E-state index is 4.32. The van der Waals surface area contributed by atoms with E-state index in [9.17, 15) is 0 Å². The van der Waals surface area contributed by atoms with Crippen molar-refractivity contribution < 1.29 is 0 Å². The first-order chi connectivity index (χ1) is 9.24. The van der Waals surface area contributed by atoms with Gasteiger partial charge in [0.15, 0.2) is 0 Å². The fourth-order valence-electron chi connectivity index (χ4n) is 2.77. The van der Waals surface area contributed by atoms with Crippen molar-refractivity contribution in [1.29, 1.82) is 0 Å². The van der Waals surface area contributed by atoms with Crippen LogP contribution in [-0.4, -0.2) is 16.6 Å². The molecule has 1 aliphatic rings. The Labute approximate surface area is 120 Å². The SMILES string of the molecule is CNC(C1=CCCCCCC1)c1snnc1C(C)C. The summed E-state index contributed by atoms with van der Waals surface area (Å²) in [6, 6.07) is 0.315. The molecular weight excluding hydrogens is 254 g/mol. The molecule has 1 aromatic heterocycles. The highest BCUT2D eigenvalue weighted by Gasteiger charge is 2.23. The van der Waals surface area contributed by atoms with Crippen molar-refractivity contribution in [3.63, 3.8) is 0 Å². The van der Waals surface area contributed by atoms with Crippen LogP contribution in [0.2, 0.25) is 0 Å². The lowest BCUT2D eigenvalue weighted by molar-refractivity contribution is 0.573. The van der Waals surface area contributed by atoms with Crippen molar-refractivity contribution >= 4 is 11.5 Å². The van der Waals surface area contributed by atoms with Gasteiger partial charge in [0.25, 0.3) is 0 Å². The zero-order chi connectivity index (χ0) is 13.7. The summed E-state index contributed by atoms with van der Waals surface area (Å²) in [5, 5.41) is 7.80. The minimum Gasteiger partial charge on any atom is -0.309 e. The van der Waals surface area contributed by atoms with Gasteiger partial charge in [-0.25, -0.2) is 0 Å². The van der Waals surface area contributed by atoms with Gasteiger partial charge in [0.1, 0.15) is 0 Å². The monoisotopic (exact) mass is 279 g/mol. The minimum absolute atomic E-state index is 0.315. The zero-order valence-electron chi connectivity index (χ0n) is 12.3. The molecule has 1 heterocycles. The van der Waals surface area contributed by atoms with Gasteiger partial charge in [0, 0.05) is 0 Å². The normalized spacial score (nSPS) is 18.8. The van der Waals surface area contributed by atoms with E-state index in [1.807, 2.05) is 7.05 Å². The summed E-state index contributed by atoms with van der Waals surface area (Å²) in [5.41, 5.74) is 2.70. The smallest absolute Gasteiger partial charge is 0.0832 e. The zero-order valence-corrected chi connectivity index (χ0v) is 13.1. The van der Waals surface area contributed by atoms with Crippen LogP contribution in [0.3, 0.4) is 0 Å². The number of hydrogen-bond acceptors (Lipinski definition) is 4. The average molecular weight is 279 g/mol. The van der Waals surface area contributed by atoms with Crippen LogP contribution < -0.4 is 5.32 Å². The molecule has 1 unspecified atom stereocenters. The van der Waals surface area contributed by atoms with E-state index < -0.39 is 0 Å². The van der Waals surface area contributed by atoms with Crippen molar-refractivity contribution in [2.45, 2.75) is 64.3 Å². The maximum Gasteiger partial charge on any atom is 0.0832 e. The van der Waals surface area contributed by atoms with Gasteiger partial charge >= 0.3 is 0 Å². The first-order valence-corrected chi connectivity index (χ1v) is 8.19. The third-order valence-corrected chi connectivity index (χ3v) is 4.64. The summed E-state index contributed by atoms with van der Waals surface area (Å²) in [6.45, 7) is 4.39. The summed E-state index contributed by atoms with van der Waals surface area (Å²) >= 11 is 1.55. The largest absolute Gasteiger partial charge is 0.309 e. The van der Waals surface area contributed by atoms with Crippen LogP contribution in [0.4, 0.5) is 0 Å². The number of nitrogens with one attached hydrogen (secondary N) is 1. The fraction of sp³-hybridized carbons (Fsp3) is 0.733. The second-order valence-corrected chi connectivity index (χ2v) is 6.42. The summed E-state index contributed by atoms with van der Waals surface area (Å²) < 4.78 is 4.17. The molecule has 0 radical (unpaired) electrons. The number of rotatable bonds is 4. The predicted octanol–water partition coefficient (Wildman–Crippen LogP) is 4.20.